The summed E-state index contributed by atoms with van der Waals surface area (Å²) in [6.07, 6.45) is 7.46. The normalized spacial score (nSPS) is 26.5. The van der Waals surface area contributed by atoms with Crippen molar-refractivity contribution in [2.75, 3.05) is 12.8 Å². The molecule has 2 aliphatic carbocycles. The maximum Gasteiger partial charge on any atom is 0.0441 e. The lowest BCUT2D eigenvalue weighted by atomic mass is 10.1. The molecule has 0 saturated heterocycles. The van der Waals surface area contributed by atoms with Crippen molar-refractivity contribution in [3.05, 3.63) is 0 Å². The second kappa shape index (κ2) is 4.31. The van der Waals surface area contributed by atoms with Gasteiger partial charge < -0.3 is 5.32 Å². The van der Waals surface area contributed by atoms with Crippen LogP contribution >= 0.6 is 0 Å². The highest BCUT2D eigenvalue weighted by Gasteiger charge is 2.41. The Hall–Kier alpha value is 0.110. The van der Waals surface area contributed by atoms with Gasteiger partial charge in [0.15, 0.2) is 0 Å². The summed E-state index contributed by atoms with van der Waals surface area (Å²) in [6, 6.07) is 0.751. The van der Waals surface area contributed by atoms with Gasteiger partial charge in [0, 0.05) is 34.9 Å². The molecule has 82 valence electrons. The summed E-state index contributed by atoms with van der Waals surface area (Å²) in [5, 5.41) is 3.93. The van der Waals surface area contributed by atoms with E-state index in [1.54, 1.807) is 6.26 Å². The third-order valence-electron chi connectivity index (χ3n) is 3.47. The van der Waals surface area contributed by atoms with Gasteiger partial charge in [-0.3, -0.25) is 4.21 Å². The first kappa shape index (κ1) is 10.6. The Balaban J connectivity index is 1.73. The van der Waals surface area contributed by atoms with E-state index in [4.69, 9.17) is 0 Å². The summed E-state index contributed by atoms with van der Waals surface area (Å²) in [6.45, 7) is 3.00. The lowest BCUT2D eigenvalue weighted by Crippen LogP contribution is -2.38. The maximum absolute atomic E-state index is 11.2. The molecule has 0 amide bonds. The highest BCUT2D eigenvalue weighted by Crippen LogP contribution is 2.44. The number of hydrogen-bond acceptors (Lipinski definition) is 2. The molecule has 0 spiro atoms. The molecule has 0 aromatic heterocycles. The third-order valence-corrected chi connectivity index (χ3v) is 4.77. The molecule has 0 aromatic rings. The van der Waals surface area contributed by atoms with Crippen LogP contribution in [0.4, 0.5) is 0 Å². The molecule has 2 fully saturated rings. The summed E-state index contributed by atoms with van der Waals surface area (Å²) >= 11 is 0. The van der Waals surface area contributed by atoms with E-state index < -0.39 is 10.8 Å². The van der Waals surface area contributed by atoms with Crippen LogP contribution in [0, 0.1) is 11.8 Å². The van der Waals surface area contributed by atoms with Crippen LogP contribution in [0.25, 0.3) is 0 Å². The Labute approximate surface area is 89.3 Å². The van der Waals surface area contributed by atoms with Crippen LogP contribution in [0.15, 0.2) is 0 Å². The zero-order chi connectivity index (χ0) is 10.1. The largest absolute Gasteiger partial charge is 0.312 e. The Morgan fingerprint density at radius 3 is 2.14 bits per heavy atom. The van der Waals surface area contributed by atoms with E-state index in [1.165, 1.54) is 25.7 Å². The minimum Gasteiger partial charge on any atom is -0.312 e. The highest BCUT2D eigenvalue weighted by atomic mass is 32.2. The van der Waals surface area contributed by atoms with Crippen LogP contribution in [0.5, 0.6) is 0 Å². The Morgan fingerprint density at radius 2 is 1.79 bits per heavy atom. The average Bonchev–Trinajstić information content (AvgIpc) is 2.99. The van der Waals surface area contributed by atoms with Gasteiger partial charge in [-0.2, -0.15) is 0 Å². The van der Waals surface area contributed by atoms with E-state index in [1.807, 2.05) is 0 Å². The number of nitrogens with one attached hydrogen (secondary N) is 1. The fourth-order valence-corrected chi connectivity index (χ4v) is 2.38. The topological polar surface area (TPSA) is 29.1 Å². The van der Waals surface area contributed by atoms with Crippen molar-refractivity contribution in [3.63, 3.8) is 0 Å². The Morgan fingerprint density at radius 1 is 1.29 bits per heavy atom. The minimum absolute atomic E-state index is 0.301. The van der Waals surface area contributed by atoms with Crippen molar-refractivity contribution < 1.29 is 4.21 Å². The van der Waals surface area contributed by atoms with E-state index in [0.29, 0.717) is 5.25 Å². The van der Waals surface area contributed by atoms with Gasteiger partial charge in [-0.05, 0) is 44.4 Å². The first-order valence-corrected chi connectivity index (χ1v) is 7.36. The molecule has 2 rings (SSSR count). The molecule has 3 heteroatoms. The van der Waals surface area contributed by atoms with Crippen LogP contribution in [-0.4, -0.2) is 28.3 Å². The van der Waals surface area contributed by atoms with Gasteiger partial charge in [-0.1, -0.05) is 0 Å². The van der Waals surface area contributed by atoms with Gasteiger partial charge in [-0.25, -0.2) is 0 Å². The van der Waals surface area contributed by atoms with Gasteiger partial charge in [0.1, 0.15) is 0 Å². The van der Waals surface area contributed by atoms with Gasteiger partial charge in [0.2, 0.25) is 0 Å². The van der Waals surface area contributed by atoms with Crippen molar-refractivity contribution in [1.29, 1.82) is 0 Å². The molecule has 0 heterocycles. The minimum atomic E-state index is -0.675. The van der Waals surface area contributed by atoms with E-state index in [2.05, 4.69) is 12.2 Å². The lowest BCUT2D eigenvalue weighted by Gasteiger charge is -2.19. The monoisotopic (exact) mass is 215 g/mol. The molecule has 0 aromatic carbocycles. The molecule has 2 aliphatic rings. The summed E-state index contributed by atoms with van der Waals surface area (Å²) < 4.78 is 11.2. The van der Waals surface area contributed by atoms with E-state index in [-0.39, 0.29) is 0 Å². The molecule has 2 unspecified atom stereocenters. The second-order valence-electron chi connectivity index (χ2n) is 4.92. The van der Waals surface area contributed by atoms with E-state index in [9.17, 15) is 4.21 Å². The SMILES string of the molecule is CC(CNC(C1CC1)C1CC1)S(C)=O. The van der Waals surface area contributed by atoms with Crippen molar-refractivity contribution in [1.82, 2.24) is 5.32 Å². The van der Waals surface area contributed by atoms with Crippen LogP contribution in [0.2, 0.25) is 0 Å². The first-order valence-electron chi connectivity index (χ1n) is 5.74. The molecule has 2 atom stereocenters. The van der Waals surface area contributed by atoms with Crippen LogP contribution in [0.3, 0.4) is 0 Å². The van der Waals surface area contributed by atoms with Crippen molar-refractivity contribution in [2.24, 2.45) is 11.8 Å². The smallest absolute Gasteiger partial charge is 0.0441 e. The summed E-state index contributed by atoms with van der Waals surface area (Å²) in [5.41, 5.74) is 0. The zero-order valence-electron chi connectivity index (χ0n) is 9.16. The van der Waals surface area contributed by atoms with Gasteiger partial charge >= 0.3 is 0 Å². The molecule has 2 nitrogen and oxygen atoms in total. The summed E-state index contributed by atoms with van der Waals surface area (Å²) in [7, 11) is -0.675. The maximum atomic E-state index is 11.2. The molecule has 2 saturated carbocycles. The molecule has 1 N–H and O–H groups in total. The van der Waals surface area contributed by atoms with E-state index in [0.717, 1.165) is 24.4 Å². The first-order chi connectivity index (χ1) is 6.68. The quantitative estimate of drug-likeness (QED) is 0.728. The summed E-state index contributed by atoms with van der Waals surface area (Å²) in [5.74, 6) is 1.89. The van der Waals surface area contributed by atoms with Crippen molar-refractivity contribution >= 4 is 10.8 Å². The highest BCUT2D eigenvalue weighted by molar-refractivity contribution is 7.84. The predicted octanol–water partition coefficient (Wildman–Crippen LogP) is 1.53. The van der Waals surface area contributed by atoms with Crippen LogP contribution < -0.4 is 5.32 Å². The zero-order valence-corrected chi connectivity index (χ0v) is 9.98. The fraction of sp³-hybridized carbons (Fsp3) is 1.00. The van der Waals surface area contributed by atoms with Crippen molar-refractivity contribution in [2.45, 2.75) is 43.9 Å². The second-order valence-corrected chi connectivity index (χ2v) is 6.72. The van der Waals surface area contributed by atoms with Gasteiger partial charge in [-0.15, -0.1) is 0 Å². The third kappa shape index (κ3) is 2.80. The van der Waals surface area contributed by atoms with Gasteiger partial charge in [0.25, 0.3) is 0 Å². The number of hydrogen-bond donors (Lipinski definition) is 1. The number of rotatable bonds is 6. The molecular weight excluding hydrogens is 194 g/mol. The molecule has 0 radical (unpaired) electrons. The van der Waals surface area contributed by atoms with Gasteiger partial charge in [0.05, 0.1) is 0 Å². The summed E-state index contributed by atoms with van der Waals surface area (Å²) in [4.78, 5) is 0. The Kier molecular flexibility index (Phi) is 3.27. The van der Waals surface area contributed by atoms with E-state index >= 15 is 0 Å². The molecule has 14 heavy (non-hydrogen) atoms. The molecular formula is C11H21NOS. The average molecular weight is 215 g/mol. The van der Waals surface area contributed by atoms with Crippen molar-refractivity contribution in [3.8, 4) is 0 Å². The molecule has 0 aliphatic heterocycles. The fourth-order valence-electron chi connectivity index (χ4n) is 2.05. The predicted molar refractivity (Wildman–Crippen MR) is 60.8 cm³/mol. The standard InChI is InChI=1S/C11H21NOS/c1-8(14(2)13)7-12-11(9-3-4-9)10-5-6-10/h8-12H,3-7H2,1-2H3. The lowest BCUT2D eigenvalue weighted by molar-refractivity contribution is 0.419. The van der Waals surface area contributed by atoms with Crippen LogP contribution in [0.1, 0.15) is 32.6 Å². The Bertz CT molecular complexity index is 211. The van der Waals surface area contributed by atoms with Crippen LogP contribution in [-0.2, 0) is 10.8 Å². The molecule has 0 bridgehead atoms.